The highest BCUT2D eigenvalue weighted by molar-refractivity contribution is 9.10. The van der Waals surface area contributed by atoms with Gasteiger partial charge < -0.3 is 20.1 Å². The van der Waals surface area contributed by atoms with Crippen LogP contribution in [0, 0.1) is 0 Å². The highest BCUT2D eigenvalue weighted by atomic mass is 79.9. The third-order valence-electron chi connectivity index (χ3n) is 2.96. The molecule has 2 N–H and O–H groups in total. The summed E-state index contributed by atoms with van der Waals surface area (Å²) in [7, 11) is 0. The largest absolute Gasteiger partial charge is 0.454 e. The first-order valence-electron chi connectivity index (χ1n) is 6.40. The minimum atomic E-state index is -0.769. The molecule has 112 valence electrons. The Hall–Kier alpha value is -2.54. The summed E-state index contributed by atoms with van der Waals surface area (Å²) in [6.45, 7) is 0.148. The molecule has 0 bridgehead atoms. The van der Waals surface area contributed by atoms with Gasteiger partial charge in [0.05, 0.1) is 5.69 Å². The van der Waals surface area contributed by atoms with Crippen molar-refractivity contribution >= 4 is 39.1 Å². The monoisotopic (exact) mass is 362 g/mol. The summed E-state index contributed by atoms with van der Waals surface area (Å²) in [5, 5.41) is 5.04. The molecule has 0 unspecified atom stereocenters. The Labute approximate surface area is 134 Å². The molecule has 0 saturated carbocycles. The molecule has 2 aromatic carbocycles. The summed E-state index contributed by atoms with van der Waals surface area (Å²) in [4.78, 5) is 23.8. The molecule has 2 amide bonds. The normalized spacial score (nSPS) is 11.9. The van der Waals surface area contributed by atoms with Gasteiger partial charge in [0, 0.05) is 16.2 Å². The van der Waals surface area contributed by atoms with E-state index in [0.29, 0.717) is 27.3 Å². The van der Waals surface area contributed by atoms with Crippen LogP contribution in [0.4, 0.5) is 11.4 Å². The number of amides is 2. The second kappa shape index (κ2) is 6.07. The average molecular weight is 363 g/mol. The molecule has 2 aromatic rings. The maximum absolute atomic E-state index is 11.9. The van der Waals surface area contributed by atoms with E-state index in [0.717, 1.165) is 0 Å². The van der Waals surface area contributed by atoms with E-state index in [4.69, 9.17) is 9.47 Å². The van der Waals surface area contributed by atoms with Gasteiger partial charge in [-0.05, 0) is 40.2 Å². The van der Waals surface area contributed by atoms with Crippen LogP contribution in [0.5, 0.6) is 11.5 Å². The number of hydrogen-bond acceptors (Lipinski definition) is 4. The number of hydrogen-bond donors (Lipinski definition) is 2. The Morgan fingerprint density at radius 1 is 0.955 bits per heavy atom. The minimum absolute atomic E-state index is 0.148. The number of ether oxygens (including phenoxy) is 2. The summed E-state index contributed by atoms with van der Waals surface area (Å²) in [5.74, 6) is -0.390. The molecule has 0 fully saturated rings. The fourth-order valence-electron chi connectivity index (χ4n) is 1.90. The van der Waals surface area contributed by atoms with E-state index in [-0.39, 0.29) is 6.79 Å². The Morgan fingerprint density at radius 3 is 2.50 bits per heavy atom. The van der Waals surface area contributed by atoms with Gasteiger partial charge in [-0.2, -0.15) is 0 Å². The summed E-state index contributed by atoms with van der Waals surface area (Å²) < 4.78 is 11.1. The van der Waals surface area contributed by atoms with E-state index in [9.17, 15) is 9.59 Å². The maximum Gasteiger partial charge on any atom is 0.314 e. The molecule has 0 saturated heterocycles. The molecule has 1 heterocycles. The number of para-hydroxylation sites is 1. The summed E-state index contributed by atoms with van der Waals surface area (Å²) in [6.07, 6.45) is 0. The van der Waals surface area contributed by atoms with Gasteiger partial charge in [-0.1, -0.05) is 12.1 Å². The molecule has 3 rings (SSSR count). The second-order valence-electron chi connectivity index (χ2n) is 4.46. The number of carbonyl (C=O) groups is 2. The van der Waals surface area contributed by atoms with Crippen LogP contribution < -0.4 is 20.1 Å². The lowest BCUT2D eigenvalue weighted by Crippen LogP contribution is -2.29. The van der Waals surface area contributed by atoms with Gasteiger partial charge in [0.2, 0.25) is 6.79 Å². The van der Waals surface area contributed by atoms with Crippen molar-refractivity contribution in [2.24, 2.45) is 0 Å². The lowest BCUT2D eigenvalue weighted by Gasteiger charge is -2.08. The van der Waals surface area contributed by atoms with E-state index < -0.39 is 11.8 Å². The van der Waals surface area contributed by atoms with Crippen molar-refractivity contribution in [1.82, 2.24) is 0 Å². The van der Waals surface area contributed by atoms with Crippen LogP contribution in [0.2, 0.25) is 0 Å². The Balaban J connectivity index is 1.67. The van der Waals surface area contributed by atoms with Crippen molar-refractivity contribution < 1.29 is 19.1 Å². The van der Waals surface area contributed by atoms with Gasteiger partial charge in [0.1, 0.15) is 0 Å². The van der Waals surface area contributed by atoms with Gasteiger partial charge in [-0.25, -0.2) is 0 Å². The fraction of sp³-hybridized carbons (Fsp3) is 0.0667. The van der Waals surface area contributed by atoms with Crippen LogP contribution in [0.3, 0.4) is 0 Å². The first-order chi connectivity index (χ1) is 10.6. The fourth-order valence-corrected chi connectivity index (χ4v) is 2.29. The van der Waals surface area contributed by atoms with Crippen LogP contribution in [-0.4, -0.2) is 18.6 Å². The van der Waals surface area contributed by atoms with Crippen molar-refractivity contribution in [3.05, 3.63) is 46.9 Å². The highest BCUT2D eigenvalue weighted by Gasteiger charge is 2.18. The van der Waals surface area contributed by atoms with Gasteiger partial charge >= 0.3 is 11.8 Å². The molecule has 1 aliphatic rings. The van der Waals surface area contributed by atoms with E-state index in [1.54, 1.807) is 36.4 Å². The number of benzene rings is 2. The molecule has 0 aliphatic carbocycles. The number of fused-ring (bicyclic) bond motifs is 1. The lowest BCUT2D eigenvalue weighted by molar-refractivity contribution is -0.133. The Kier molecular flexibility index (Phi) is 3.97. The standard InChI is InChI=1S/C15H11BrN2O4/c16-10-3-1-2-4-11(10)18-15(20)14(19)17-9-5-6-12-13(7-9)22-8-21-12/h1-7H,8H2,(H,17,19)(H,18,20). The van der Waals surface area contributed by atoms with Gasteiger partial charge in [-0.15, -0.1) is 0 Å². The Morgan fingerprint density at radius 2 is 1.68 bits per heavy atom. The molecule has 1 aliphatic heterocycles. The van der Waals surface area contributed by atoms with Gasteiger partial charge in [-0.3, -0.25) is 9.59 Å². The predicted octanol–water partition coefficient (Wildman–Crippen LogP) is 2.76. The number of rotatable bonds is 2. The molecule has 0 atom stereocenters. The zero-order valence-electron chi connectivity index (χ0n) is 11.3. The topological polar surface area (TPSA) is 76.7 Å². The van der Waals surface area contributed by atoms with Crippen molar-refractivity contribution in [2.45, 2.75) is 0 Å². The molecule has 22 heavy (non-hydrogen) atoms. The average Bonchev–Trinajstić information content (AvgIpc) is 2.97. The van der Waals surface area contributed by atoms with Crippen molar-refractivity contribution in [3.63, 3.8) is 0 Å². The zero-order valence-corrected chi connectivity index (χ0v) is 12.8. The number of anilines is 2. The lowest BCUT2D eigenvalue weighted by atomic mass is 10.2. The second-order valence-corrected chi connectivity index (χ2v) is 5.31. The van der Waals surface area contributed by atoms with Crippen LogP contribution in [-0.2, 0) is 9.59 Å². The molecular formula is C15H11BrN2O4. The summed E-state index contributed by atoms with van der Waals surface area (Å²) in [5.41, 5.74) is 0.977. The summed E-state index contributed by atoms with van der Waals surface area (Å²) in [6, 6.07) is 11.9. The van der Waals surface area contributed by atoms with Crippen LogP contribution in [0.25, 0.3) is 0 Å². The van der Waals surface area contributed by atoms with E-state index >= 15 is 0 Å². The SMILES string of the molecule is O=C(Nc1ccc2c(c1)OCO2)C(=O)Nc1ccccc1Br. The van der Waals surface area contributed by atoms with Crippen LogP contribution >= 0.6 is 15.9 Å². The first kappa shape index (κ1) is 14.4. The molecule has 7 heteroatoms. The number of nitrogens with one attached hydrogen (secondary N) is 2. The third-order valence-corrected chi connectivity index (χ3v) is 3.65. The number of carbonyl (C=O) groups excluding carboxylic acids is 2. The maximum atomic E-state index is 11.9. The van der Waals surface area contributed by atoms with E-state index in [1.807, 2.05) is 6.07 Å². The quantitative estimate of drug-likeness (QED) is 0.805. The minimum Gasteiger partial charge on any atom is -0.454 e. The predicted molar refractivity (Wildman–Crippen MR) is 84.0 cm³/mol. The van der Waals surface area contributed by atoms with Gasteiger partial charge in [0.15, 0.2) is 11.5 Å². The molecule has 6 nitrogen and oxygen atoms in total. The Bertz CT molecular complexity index is 748. The molecule has 0 spiro atoms. The highest BCUT2D eigenvalue weighted by Crippen LogP contribution is 2.34. The first-order valence-corrected chi connectivity index (χ1v) is 7.19. The van der Waals surface area contributed by atoms with E-state index in [2.05, 4.69) is 26.6 Å². The summed E-state index contributed by atoms with van der Waals surface area (Å²) >= 11 is 3.30. The van der Waals surface area contributed by atoms with E-state index in [1.165, 1.54) is 0 Å². The van der Waals surface area contributed by atoms with Crippen LogP contribution in [0.1, 0.15) is 0 Å². The number of halogens is 1. The van der Waals surface area contributed by atoms with Crippen molar-refractivity contribution in [2.75, 3.05) is 17.4 Å². The molecule has 0 radical (unpaired) electrons. The molecular weight excluding hydrogens is 352 g/mol. The zero-order chi connectivity index (χ0) is 15.5. The smallest absolute Gasteiger partial charge is 0.314 e. The van der Waals surface area contributed by atoms with Crippen molar-refractivity contribution in [3.8, 4) is 11.5 Å². The third kappa shape index (κ3) is 3.04. The molecule has 0 aromatic heterocycles. The van der Waals surface area contributed by atoms with Crippen molar-refractivity contribution in [1.29, 1.82) is 0 Å². The van der Waals surface area contributed by atoms with Crippen LogP contribution in [0.15, 0.2) is 46.9 Å². The van der Waals surface area contributed by atoms with Gasteiger partial charge in [0.25, 0.3) is 0 Å².